The molecule has 0 aliphatic carbocycles. The molecule has 0 unspecified atom stereocenters. The smallest absolute Gasteiger partial charge is 0.320 e. The van der Waals surface area contributed by atoms with Crippen molar-refractivity contribution in [1.29, 1.82) is 0 Å². The molecule has 3 amide bonds. The number of urea groups is 1. The van der Waals surface area contributed by atoms with Crippen molar-refractivity contribution in [3.8, 4) is 0 Å². The predicted octanol–water partition coefficient (Wildman–Crippen LogP) is 1.86. The Balaban J connectivity index is 0.00000264. The molecular weight excluding hydrogens is 318 g/mol. The van der Waals surface area contributed by atoms with Crippen LogP contribution in [0.2, 0.25) is 0 Å². The number of hydrogen-bond donors (Lipinski definition) is 2. The molecule has 2 heterocycles. The second kappa shape index (κ2) is 8.69. The number of hydrogen-bond acceptors (Lipinski definition) is 4. The minimum absolute atomic E-state index is 0. The molecule has 2 rings (SSSR count). The van der Waals surface area contributed by atoms with Gasteiger partial charge in [0.1, 0.15) is 0 Å². The zero-order valence-electron chi connectivity index (χ0n) is 13.4. The van der Waals surface area contributed by atoms with E-state index in [1.165, 1.54) is 10.0 Å². The number of hydrazine groups is 1. The van der Waals surface area contributed by atoms with Crippen LogP contribution in [0.25, 0.3) is 0 Å². The highest BCUT2D eigenvalue weighted by molar-refractivity contribution is 5.92. The Labute approximate surface area is 142 Å². The lowest BCUT2D eigenvalue weighted by molar-refractivity contribution is -0.142. The number of anilines is 1. The van der Waals surface area contributed by atoms with Crippen LogP contribution >= 0.6 is 12.4 Å². The van der Waals surface area contributed by atoms with E-state index in [0.29, 0.717) is 18.8 Å². The van der Waals surface area contributed by atoms with Gasteiger partial charge in [0.15, 0.2) is 0 Å². The molecule has 1 aliphatic heterocycles. The molecule has 0 radical (unpaired) electrons. The second-order valence-corrected chi connectivity index (χ2v) is 5.52. The molecule has 7 nitrogen and oxygen atoms in total. The Kier molecular flexibility index (Phi) is 7.25. The number of nitrogens with two attached hydrogens (primary N) is 1. The van der Waals surface area contributed by atoms with Gasteiger partial charge in [-0.25, -0.2) is 14.8 Å². The summed E-state index contributed by atoms with van der Waals surface area (Å²) in [7, 11) is 0. The zero-order valence-corrected chi connectivity index (χ0v) is 14.3. The molecule has 0 spiro atoms. The third-order valence-corrected chi connectivity index (χ3v) is 3.99. The Morgan fingerprint density at radius 1 is 1.30 bits per heavy atom. The van der Waals surface area contributed by atoms with Crippen LogP contribution in [0, 0.1) is 5.92 Å². The van der Waals surface area contributed by atoms with Gasteiger partial charge in [-0.15, -0.1) is 12.4 Å². The van der Waals surface area contributed by atoms with Gasteiger partial charge in [-0.3, -0.25) is 9.78 Å². The molecule has 2 atom stereocenters. The average Bonchev–Trinajstić information content (AvgIpc) is 3.03. The third kappa shape index (κ3) is 4.56. The van der Waals surface area contributed by atoms with Crippen LogP contribution in [0.15, 0.2) is 24.5 Å². The first-order chi connectivity index (χ1) is 10.5. The number of carbonyl (C=O) groups is 2. The van der Waals surface area contributed by atoms with Gasteiger partial charge in [-0.2, -0.15) is 0 Å². The van der Waals surface area contributed by atoms with Crippen molar-refractivity contribution in [2.45, 2.75) is 32.7 Å². The van der Waals surface area contributed by atoms with Crippen molar-refractivity contribution < 1.29 is 9.59 Å². The van der Waals surface area contributed by atoms with Gasteiger partial charge in [0.2, 0.25) is 0 Å². The Morgan fingerprint density at radius 2 is 1.91 bits per heavy atom. The summed E-state index contributed by atoms with van der Waals surface area (Å²) >= 11 is 0. The number of rotatable bonds is 4. The molecule has 0 saturated carbocycles. The molecule has 1 aliphatic rings. The molecular formula is C15H24ClN5O2. The number of carbonyl (C=O) groups excluding carboxylic acids is 2. The van der Waals surface area contributed by atoms with E-state index in [2.05, 4.69) is 10.3 Å². The van der Waals surface area contributed by atoms with E-state index < -0.39 is 6.04 Å². The highest BCUT2D eigenvalue weighted by Crippen LogP contribution is 2.17. The van der Waals surface area contributed by atoms with Crippen molar-refractivity contribution in [2.24, 2.45) is 11.7 Å². The summed E-state index contributed by atoms with van der Waals surface area (Å²) in [5.41, 5.74) is 6.65. The fourth-order valence-electron chi connectivity index (χ4n) is 2.34. The molecule has 1 saturated heterocycles. The number of amides is 3. The topological polar surface area (TPSA) is 91.6 Å². The molecule has 0 aromatic carbocycles. The van der Waals surface area contributed by atoms with Gasteiger partial charge < -0.3 is 11.1 Å². The molecule has 1 aromatic heterocycles. The minimum atomic E-state index is -0.584. The molecule has 0 bridgehead atoms. The first-order valence-electron chi connectivity index (χ1n) is 7.60. The van der Waals surface area contributed by atoms with Gasteiger partial charge in [0.25, 0.3) is 5.91 Å². The largest absolute Gasteiger partial charge is 0.340 e. The SMILES string of the molecule is CC[C@H](C)[C@H](N)C(=O)N1CCCN1C(=O)Nc1ccncc1.Cl. The molecule has 128 valence electrons. The summed E-state index contributed by atoms with van der Waals surface area (Å²) in [4.78, 5) is 28.7. The van der Waals surface area contributed by atoms with Crippen LogP contribution in [0.1, 0.15) is 26.7 Å². The highest BCUT2D eigenvalue weighted by atomic mass is 35.5. The number of halogens is 1. The standard InChI is InChI=1S/C15H23N5O2.ClH/c1-3-11(2)13(16)14(21)19-9-4-10-20(19)15(22)18-12-5-7-17-8-6-12;/h5-8,11,13H,3-4,9-10,16H2,1-2H3,(H,17,18,22);1H/t11-,13-;/m0./s1. The monoisotopic (exact) mass is 341 g/mol. The van der Waals surface area contributed by atoms with Crippen LogP contribution in [-0.4, -0.2) is 46.1 Å². The summed E-state index contributed by atoms with van der Waals surface area (Å²) in [6, 6.07) is 2.49. The average molecular weight is 342 g/mol. The number of aromatic nitrogens is 1. The first-order valence-corrected chi connectivity index (χ1v) is 7.60. The van der Waals surface area contributed by atoms with Gasteiger partial charge in [-0.05, 0) is 24.5 Å². The third-order valence-electron chi connectivity index (χ3n) is 3.99. The maximum absolute atomic E-state index is 12.5. The van der Waals surface area contributed by atoms with E-state index in [1.54, 1.807) is 24.5 Å². The molecule has 23 heavy (non-hydrogen) atoms. The lowest BCUT2D eigenvalue weighted by Gasteiger charge is -2.31. The van der Waals surface area contributed by atoms with Crippen LogP contribution in [-0.2, 0) is 4.79 Å². The van der Waals surface area contributed by atoms with Crippen LogP contribution in [0.5, 0.6) is 0 Å². The van der Waals surface area contributed by atoms with E-state index in [1.807, 2.05) is 13.8 Å². The lowest BCUT2D eigenvalue weighted by Crippen LogP contribution is -2.53. The number of pyridine rings is 1. The summed E-state index contributed by atoms with van der Waals surface area (Å²) in [6.07, 6.45) is 4.77. The fraction of sp³-hybridized carbons (Fsp3) is 0.533. The lowest BCUT2D eigenvalue weighted by atomic mass is 9.99. The number of nitrogens with zero attached hydrogens (tertiary/aromatic N) is 3. The fourth-order valence-corrected chi connectivity index (χ4v) is 2.34. The van der Waals surface area contributed by atoms with Gasteiger partial charge in [0.05, 0.1) is 6.04 Å². The Hall–Kier alpha value is -1.86. The highest BCUT2D eigenvalue weighted by Gasteiger charge is 2.34. The maximum atomic E-state index is 12.5. The normalized spacial score (nSPS) is 16.5. The van der Waals surface area contributed by atoms with Crippen molar-refractivity contribution in [3.63, 3.8) is 0 Å². The predicted molar refractivity (Wildman–Crippen MR) is 91.0 cm³/mol. The zero-order chi connectivity index (χ0) is 16.1. The van der Waals surface area contributed by atoms with Crippen LogP contribution in [0.4, 0.5) is 10.5 Å². The summed E-state index contributed by atoms with van der Waals surface area (Å²) in [5, 5.41) is 5.66. The van der Waals surface area contributed by atoms with E-state index in [9.17, 15) is 9.59 Å². The molecule has 8 heteroatoms. The Bertz CT molecular complexity index is 528. The van der Waals surface area contributed by atoms with E-state index in [-0.39, 0.29) is 30.3 Å². The van der Waals surface area contributed by atoms with Crippen molar-refractivity contribution >= 4 is 30.0 Å². The van der Waals surface area contributed by atoms with E-state index >= 15 is 0 Å². The first kappa shape index (κ1) is 19.2. The molecule has 3 N–H and O–H groups in total. The van der Waals surface area contributed by atoms with Crippen LogP contribution in [0.3, 0.4) is 0 Å². The van der Waals surface area contributed by atoms with Gasteiger partial charge >= 0.3 is 6.03 Å². The Morgan fingerprint density at radius 3 is 2.52 bits per heavy atom. The molecule has 1 fully saturated rings. The van der Waals surface area contributed by atoms with E-state index in [0.717, 1.165) is 12.8 Å². The minimum Gasteiger partial charge on any atom is -0.320 e. The van der Waals surface area contributed by atoms with Crippen molar-refractivity contribution in [2.75, 3.05) is 18.4 Å². The summed E-state index contributed by atoms with van der Waals surface area (Å²) in [6.45, 7) is 4.97. The van der Waals surface area contributed by atoms with E-state index in [4.69, 9.17) is 5.73 Å². The molecule has 1 aromatic rings. The van der Waals surface area contributed by atoms with Crippen LogP contribution < -0.4 is 11.1 Å². The van der Waals surface area contributed by atoms with Gasteiger partial charge in [-0.1, -0.05) is 20.3 Å². The second-order valence-electron chi connectivity index (χ2n) is 5.52. The quantitative estimate of drug-likeness (QED) is 0.874. The summed E-state index contributed by atoms with van der Waals surface area (Å²) < 4.78 is 0. The van der Waals surface area contributed by atoms with Gasteiger partial charge in [0, 0.05) is 31.2 Å². The maximum Gasteiger partial charge on any atom is 0.340 e. The summed E-state index contributed by atoms with van der Waals surface area (Å²) in [5.74, 6) is -0.116. The number of nitrogens with one attached hydrogen (secondary N) is 1. The van der Waals surface area contributed by atoms with Crippen molar-refractivity contribution in [3.05, 3.63) is 24.5 Å². The van der Waals surface area contributed by atoms with Crippen molar-refractivity contribution in [1.82, 2.24) is 15.0 Å².